The highest BCUT2D eigenvalue weighted by Gasteiger charge is 1.92. The molecule has 0 fully saturated rings. The third-order valence-corrected chi connectivity index (χ3v) is 1.87. The number of rotatable bonds is 0. The molecule has 0 N–H and O–H groups in total. The third kappa shape index (κ3) is 3.77. The van der Waals surface area contributed by atoms with Gasteiger partial charge in [0, 0.05) is 10.8 Å². The maximum Gasteiger partial charge on any atom is 0.214 e. The van der Waals surface area contributed by atoms with Gasteiger partial charge in [0.1, 0.15) is 0 Å². The van der Waals surface area contributed by atoms with E-state index in [-0.39, 0.29) is 0 Å². The molecule has 0 saturated carbocycles. The largest absolute Gasteiger partial charge is 0.216 e. The van der Waals surface area contributed by atoms with Crippen LogP contribution in [-0.4, -0.2) is 14.7 Å². The molecule has 0 aliphatic heterocycles. The summed E-state index contributed by atoms with van der Waals surface area (Å²) in [5.41, 5.74) is 1.80. The summed E-state index contributed by atoms with van der Waals surface area (Å²) in [6.45, 7) is 1.94. The normalized spacial score (nSPS) is 10.3. The molecule has 0 aromatic heterocycles. The first-order chi connectivity index (χ1) is 5.97. The van der Waals surface area contributed by atoms with E-state index in [1.807, 2.05) is 25.1 Å². The standard InChI is InChI=1S/C10H10O2S/c1-9-4-3-5-10(8-9)6-7-13(2,11)12/h3-5,8H,1-2H3. The van der Waals surface area contributed by atoms with Gasteiger partial charge < -0.3 is 0 Å². The summed E-state index contributed by atoms with van der Waals surface area (Å²) in [6, 6.07) is 7.41. The predicted molar refractivity (Wildman–Crippen MR) is 52.9 cm³/mol. The first-order valence-corrected chi connectivity index (χ1v) is 5.66. The molecule has 0 bridgehead atoms. The molecule has 68 valence electrons. The first kappa shape index (κ1) is 9.82. The van der Waals surface area contributed by atoms with E-state index < -0.39 is 9.84 Å². The molecule has 0 atom stereocenters. The maximum absolute atomic E-state index is 10.7. The second-order valence-corrected chi connectivity index (χ2v) is 4.62. The van der Waals surface area contributed by atoms with Gasteiger partial charge >= 0.3 is 0 Å². The highest BCUT2D eigenvalue weighted by molar-refractivity contribution is 7.95. The zero-order chi connectivity index (χ0) is 9.90. The average Bonchev–Trinajstić information content (AvgIpc) is 2.00. The zero-order valence-electron chi connectivity index (χ0n) is 7.53. The predicted octanol–water partition coefficient (Wildman–Crippen LogP) is 1.35. The lowest BCUT2D eigenvalue weighted by Crippen LogP contribution is -1.89. The first-order valence-electron chi connectivity index (χ1n) is 3.77. The minimum Gasteiger partial charge on any atom is -0.216 e. The minimum atomic E-state index is -3.20. The van der Waals surface area contributed by atoms with Crippen molar-refractivity contribution in [3.05, 3.63) is 35.4 Å². The number of hydrogen-bond donors (Lipinski definition) is 0. The number of benzene rings is 1. The van der Waals surface area contributed by atoms with Crippen molar-refractivity contribution in [1.29, 1.82) is 0 Å². The van der Waals surface area contributed by atoms with Crippen LogP contribution in [0.4, 0.5) is 0 Å². The van der Waals surface area contributed by atoms with Gasteiger partial charge in [0.15, 0.2) is 0 Å². The Labute approximate surface area is 78.5 Å². The minimum absolute atomic E-state index is 0.727. The van der Waals surface area contributed by atoms with Gasteiger partial charge in [0.05, 0.1) is 6.26 Å². The van der Waals surface area contributed by atoms with Crippen molar-refractivity contribution in [3.63, 3.8) is 0 Å². The van der Waals surface area contributed by atoms with Gasteiger partial charge in [-0.1, -0.05) is 18.1 Å². The SMILES string of the molecule is Cc1cccc(C#CS(C)(=O)=O)c1. The molecule has 0 unspecified atom stereocenters. The molecule has 0 amide bonds. The molecule has 0 radical (unpaired) electrons. The molecule has 3 heteroatoms. The van der Waals surface area contributed by atoms with Crippen molar-refractivity contribution in [2.24, 2.45) is 0 Å². The Morgan fingerprint density at radius 1 is 1.31 bits per heavy atom. The van der Waals surface area contributed by atoms with E-state index in [4.69, 9.17) is 0 Å². The van der Waals surface area contributed by atoms with Crippen LogP contribution >= 0.6 is 0 Å². The smallest absolute Gasteiger partial charge is 0.214 e. The summed E-state index contributed by atoms with van der Waals surface area (Å²) < 4.78 is 21.4. The van der Waals surface area contributed by atoms with Crippen LogP contribution in [0.25, 0.3) is 0 Å². The van der Waals surface area contributed by atoms with E-state index in [1.54, 1.807) is 6.07 Å². The molecule has 0 aliphatic rings. The molecule has 0 saturated heterocycles. The maximum atomic E-state index is 10.7. The van der Waals surface area contributed by atoms with Gasteiger partial charge in [-0.15, -0.1) is 0 Å². The van der Waals surface area contributed by atoms with Crippen molar-refractivity contribution in [2.75, 3.05) is 6.26 Å². The fourth-order valence-corrected chi connectivity index (χ4v) is 1.18. The fraction of sp³-hybridized carbons (Fsp3) is 0.200. The molecule has 13 heavy (non-hydrogen) atoms. The number of sulfone groups is 1. The number of aryl methyl sites for hydroxylation is 1. The third-order valence-electron chi connectivity index (χ3n) is 1.40. The second-order valence-electron chi connectivity index (χ2n) is 2.87. The van der Waals surface area contributed by atoms with Crippen LogP contribution in [0.2, 0.25) is 0 Å². The molecule has 2 nitrogen and oxygen atoms in total. The van der Waals surface area contributed by atoms with Gasteiger partial charge in [0.25, 0.3) is 0 Å². The summed E-state index contributed by atoms with van der Waals surface area (Å²) >= 11 is 0. The topological polar surface area (TPSA) is 34.1 Å². The molecule has 0 aliphatic carbocycles. The Morgan fingerprint density at radius 2 is 2.00 bits per heavy atom. The van der Waals surface area contributed by atoms with Crippen LogP contribution in [0.1, 0.15) is 11.1 Å². The molecule has 1 aromatic carbocycles. The monoisotopic (exact) mass is 194 g/mol. The quantitative estimate of drug-likeness (QED) is 0.584. The van der Waals surface area contributed by atoms with E-state index in [0.717, 1.165) is 17.4 Å². The second kappa shape index (κ2) is 3.63. The van der Waals surface area contributed by atoms with Crippen molar-refractivity contribution < 1.29 is 8.42 Å². The van der Waals surface area contributed by atoms with Gasteiger partial charge in [-0.2, -0.15) is 0 Å². The molecule has 1 rings (SSSR count). The van der Waals surface area contributed by atoms with Crippen LogP contribution in [0.15, 0.2) is 24.3 Å². The van der Waals surface area contributed by atoms with E-state index in [1.165, 1.54) is 0 Å². The summed E-state index contributed by atoms with van der Waals surface area (Å²) in [4.78, 5) is 0. The lowest BCUT2D eigenvalue weighted by molar-refractivity contribution is 0.611. The lowest BCUT2D eigenvalue weighted by Gasteiger charge is -1.91. The lowest BCUT2D eigenvalue weighted by atomic mass is 10.1. The zero-order valence-corrected chi connectivity index (χ0v) is 8.35. The molecular formula is C10H10O2S. The van der Waals surface area contributed by atoms with Crippen LogP contribution in [0, 0.1) is 18.1 Å². The average molecular weight is 194 g/mol. The van der Waals surface area contributed by atoms with Crippen LogP contribution < -0.4 is 0 Å². The Bertz CT molecular complexity index is 461. The highest BCUT2D eigenvalue weighted by Crippen LogP contribution is 2.01. The fourth-order valence-electron chi connectivity index (χ4n) is 0.874. The summed E-state index contributed by atoms with van der Waals surface area (Å²) in [6.07, 6.45) is 1.09. The van der Waals surface area contributed by atoms with Crippen LogP contribution in [0.3, 0.4) is 0 Å². The van der Waals surface area contributed by atoms with Crippen molar-refractivity contribution in [3.8, 4) is 11.2 Å². The van der Waals surface area contributed by atoms with Gasteiger partial charge in [-0.25, -0.2) is 8.42 Å². The molecule has 0 spiro atoms. The molecule has 1 aromatic rings. The van der Waals surface area contributed by atoms with Gasteiger partial charge in [0.2, 0.25) is 9.84 Å². The Morgan fingerprint density at radius 3 is 2.54 bits per heavy atom. The van der Waals surface area contributed by atoms with E-state index in [2.05, 4.69) is 11.2 Å². The van der Waals surface area contributed by atoms with Crippen molar-refractivity contribution in [1.82, 2.24) is 0 Å². The Kier molecular flexibility index (Phi) is 2.74. The van der Waals surface area contributed by atoms with Gasteiger partial charge in [-0.3, -0.25) is 0 Å². The van der Waals surface area contributed by atoms with Crippen LogP contribution in [-0.2, 0) is 9.84 Å². The Balaban J connectivity index is 3.04. The van der Waals surface area contributed by atoms with Crippen molar-refractivity contribution in [2.45, 2.75) is 6.92 Å². The van der Waals surface area contributed by atoms with Gasteiger partial charge in [-0.05, 0) is 24.6 Å². The summed E-state index contributed by atoms with van der Waals surface area (Å²) in [7, 11) is -3.20. The molecule has 0 heterocycles. The summed E-state index contributed by atoms with van der Waals surface area (Å²) in [5, 5.41) is 2.19. The number of hydrogen-bond acceptors (Lipinski definition) is 2. The van der Waals surface area contributed by atoms with E-state index in [0.29, 0.717) is 0 Å². The highest BCUT2D eigenvalue weighted by atomic mass is 32.2. The summed E-state index contributed by atoms with van der Waals surface area (Å²) in [5.74, 6) is 2.59. The van der Waals surface area contributed by atoms with Crippen LogP contribution in [0.5, 0.6) is 0 Å². The van der Waals surface area contributed by atoms with E-state index in [9.17, 15) is 8.42 Å². The van der Waals surface area contributed by atoms with Crippen molar-refractivity contribution >= 4 is 9.84 Å². The Hall–Kier alpha value is -1.27. The van der Waals surface area contributed by atoms with E-state index >= 15 is 0 Å². The molecular weight excluding hydrogens is 184 g/mol.